The molecule has 9 heteroatoms. The quantitative estimate of drug-likeness (QED) is 0.754. The number of hydrogen-bond acceptors (Lipinski definition) is 3. The maximum atomic E-state index is 13.5. The molecule has 0 unspecified atom stereocenters. The van der Waals surface area contributed by atoms with Crippen molar-refractivity contribution in [3.63, 3.8) is 0 Å². The summed E-state index contributed by atoms with van der Waals surface area (Å²) in [7, 11) is 0. The first-order valence-corrected chi connectivity index (χ1v) is 8.82. The van der Waals surface area contributed by atoms with E-state index in [1.54, 1.807) is 22.4 Å². The van der Waals surface area contributed by atoms with Crippen LogP contribution in [0.1, 0.15) is 27.6 Å². The predicted octanol–water partition coefficient (Wildman–Crippen LogP) is 4.78. The van der Waals surface area contributed by atoms with Gasteiger partial charge in [-0.2, -0.15) is 26.3 Å². The Morgan fingerprint density at radius 3 is 2.19 bits per heavy atom. The minimum absolute atomic E-state index is 0.350. The van der Waals surface area contributed by atoms with Crippen molar-refractivity contribution in [1.82, 2.24) is 10.2 Å². The van der Waals surface area contributed by atoms with Crippen molar-refractivity contribution in [3.8, 4) is 0 Å². The number of piperazine rings is 1. The maximum Gasteiger partial charge on any atom is 0.416 e. The first kappa shape index (κ1) is 19.2. The van der Waals surface area contributed by atoms with Gasteiger partial charge in [-0.25, -0.2) is 0 Å². The SMILES string of the molecule is FC(F)(F)c1ccc(C(F)(F)F)c([C@H](c2cccs2)N2CCNCC2)c1. The average molecular weight is 394 g/mol. The minimum atomic E-state index is -4.73. The zero-order valence-corrected chi connectivity index (χ0v) is 14.3. The van der Waals surface area contributed by atoms with Gasteiger partial charge in [0.25, 0.3) is 0 Å². The molecule has 142 valence electrons. The second-order valence-electron chi connectivity index (χ2n) is 6.00. The first-order valence-electron chi connectivity index (χ1n) is 7.94. The van der Waals surface area contributed by atoms with Crippen LogP contribution in [0.2, 0.25) is 0 Å². The standard InChI is InChI=1S/C17H16F6N2S/c18-16(19,20)11-3-4-13(17(21,22)23)12(10-11)15(14-2-1-9-26-14)25-7-5-24-6-8-25/h1-4,9-10,15,24H,5-8H2/t15-/m1/s1. The van der Waals surface area contributed by atoms with Gasteiger partial charge in [0.2, 0.25) is 0 Å². The molecule has 2 aromatic rings. The van der Waals surface area contributed by atoms with Gasteiger partial charge in [-0.15, -0.1) is 11.3 Å². The van der Waals surface area contributed by atoms with E-state index in [1.165, 1.54) is 11.3 Å². The summed E-state index contributed by atoms with van der Waals surface area (Å²) in [5.74, 6) is 0. The molecule has 2 nitrogen and oxygen atoms in total. The zero-order chi connectivity index (χ0) is 18.9. The normalized spacial score (nSPS) is 18.1. The number of benzene rings is 1. The number of nitrogens with zero attached hydrogens (tertiary/aromatic N) is 1. The van der Waals surface area contributed by atoms with Crippen LogP contribution >= 0.6 is 11.3 Å². The Kier molecular flexibility index (Phi) is 5.32. The van der Waals surface area contributed by atoms with Gasteiger partial charge in [0.05, 0.1) is 17.2 Å². The Morgan fingerprint density at radius 2 is 1.65 bits per heavy atom. The number of thiophene rings is 1. The molecule has 0 aliphatic carbocycles. The minimum Gasteiger partial charge on any atom is -0.314 e. The molecule has 3 rings (SSSR count). The molecule has 1 N–H and O–H groups in total. The van der Waals surface area contributed by atoms with Crippen LogP contribution < -0.4 is 5.32 Å². The zero-order valence-electron chi connectivity index (χ0n) is 13.5. The van der Waals surface area contributed by atoms with Crippen molar-refractivity contribution in [2.45, 2.75) is 18.4 Å². The van der Waals surface area contributed by atoms with Gasteiger partial charge in [-0.05, 0) is 35.2 Å². The molecule has 0 radical (unpaired) electrons. The van der Waals surface area contributed by atoms with Crippen LogP contribution in [0.4, 0.5) is 26.3 Å². The highest BCUT2D eigenvalue weighted by Crippen LogP contribution is 2.42. The molecule has 0 spiro atoms. The summed E-state index contributed by atoms with van der Waals surface area (Å²) >= 11 is 1.24. The van der Waals surface area contributed by atoms with Gasteiger partial charge in [-0.3, -0.25) is 4.90 Å². The lowest BCUT2D eigenvalue weighted by atomic mass is 9.94. The van der Waals surface area contributed by atoms with Gasteiger partial charge in [0.15, 0.2) is 0 Å². The van der Waals surface area contributed by atoms with Crippen LogP contribution in [0, 0.1) is 0 Å². The van der Waals surface area contributed by atoms with E-state index in [4.69, 9.17) is 0 Å². The van der Waals surface area contributed by atoms with Gasteiger partial charge >= 0.3 is 12.4 Å². The summed E-state index contributed by atoms with van der Waals surface area (Å²) in [6, 6.07) is 4.18. The van der Waals surface area contributed by atoms with E-state index in [2.05, 4.69) is 5.32 Å². The van der Waals surface area contributed by atoms with Gasteiger partial charge in [0, 0.05) is 31.1 Å². The fourth-order valence-electron chi connectivity index (χ4n) is 3.14. The molecule has 1 aromatic heterocycles. The number of hydrogen-bond donors (Lipinski definition) is 1. The number of halogens is 6. The summed E-state index contributed by atoms with van der Waals surface area (Å²) < 4.78 is 80.0. The molecule has 1 aliphatic rings. The Balaban J connectivity index is 2.17. The summed E-state index contributed by atoms with van der Waals surface area (Å²) in [6.45, 7) is 2.05. The number of nitrogens with one attached hydrogen (secondary N) is 1. The third kappa shape index (κ3) is 4.05. The number of rotatable bonds is 3. The Labute approximate surface area is 150 Å². The van der Waals surface area contributed by atoms with Crippen LogP contribution in [-0.2, 0) is 12.4 Å². The number of alkyl halides is 6. The molecule has 1 saturated heterocycles. The van der Waals surface area contributed by atoms with Crippen molar-refractivity contribution < 1.29 is 26.3 Å². The Hall–Kier alpha value is -1.58. The second-order valence-corrected chi connectivity index (χ2v) is 6.98. The van der Waals surface area contributed by atoms with Crippen LogP contribution in [-0.4, -0.2) is 31.1 Å². The van der Waals surface area contributed by atoms with E-state index in [-0.39, 0.29) is 5.56 Å². The van der Waals surface area contributed by atoms with E-state index < -0.39 is 29.5 Å². The monoisotopic (exact) mass is 394 g/mol. The van der Waals surface area contributed by atoms with Gasteiger partial charge in [-0.1, -0.05) is 6.07 Å². The van der Waals surface area contributed by atoms with Crippen molar-refractivity contribution in [2.24, 2.45) is 0 Å². The van der Waals surface area contributed by atoms with Crippen LogP contribution in [0.15, 0.2) is 35.7 Å². The van der Waals surface area contributed by atoms with E-state index in [0.717, 1.165) is 0 Å². The lowest BCUT2D eigenvalue weighted by molar-refractivity contribution is -0.142. The average Bonchev–Trinajstić information content (AvgIpc) is 3.08. The lowest BCUT2D eigenvalue weighted by Crippen LogP contribution is -2.45. The molecule has 0 saturated carbocycles. The summed E-state index contributed by atoms with van der Waals surface area (Å²) in [5.41, 5.74) is -2.45. The Bertz CT molecular complexity index is 733. The van der Waals surface area contributed by atoms with Gasteiger partial charge in [0.1, 0.15) is 0 Å². The van der Waals surface area contributed by atoms with Crippen molar-refractivity contribution in [2.75, 3.05) is 26.2 Å². The molecule has 1 atom stereocenters. The van der Waals surface area contributed by atoms with Crippen molar-refractivity contribution in [3.05, 3.63) is 57.3 Å². The molecule has 26 heavy (non-hydrogen) atoms. The van der Waals surface area contributed by atoms with Crippen LogP contribution in [0.5, 0.6) is 0 Å². The summed E-state index contributed by atoms with van der Waals surface area (Å²) in [5, 5.41) is 4.82. The molecule has 1 fully saturated rings. The van der Waals surface area contributed by atoms with Crippen molar-refractivity contribution >= 4 is 11.3 Å². The Morgan fingerprint density at radius 1 is 0.962 bits per heavy atom. The lowest BCUT2D eigenvalue weighted by Gasteiger charge is -2.36. The van der Waals surface area contributed by atoms with E-state index >= 15 is 0 Å². The summed E-state index contributed by atoms with van der Waals surface area (Å²) in [4.78, 5) is 2.39. The first-order chi connectivity index (χ1) is 12.2. The van der Waals surface area contributed by atoms with Crippen LogP contribution in [0.3, 0.4) is 0 Å². The molecule has 0 amide bonds. The fraction of sp³-hybridized carbons (Fsp3) is 0.412. The topological polar surface area (TPSA) is 15.3 Å². The molecule has 1 aromatic carbocycles. The third-order valence-electron chi connectivity index (χ3n) is 4.31. The highest BCUT2D eigenvalue weighted by molar-refractivity contribution is 7.10. The molecular weight excluding hydrogens is 378 g/mol. The van der Waals surface area contributed by atoms with Crippen molar-refractivity contribution in [1.29, 1.82) is 0 Å². The maximum absolute atomic E-state index is 13.5. The molecule has 1 aliphatic heterocycles. The molecule has 2 heterocycles. The highest BCUT2D eigenvalue weighted by Gasteiger charge is 2.40. The van der Waals surface area contributed by atoms with Crippen LogP contribution in [0.25, 0.3) is 0 Å². The fourth-order valence-corrected chi connectivity index (χ4v) is 4.02. The second kappa shape index (κ2) is 7.21. The van der Waals surface area contributed by atoms with E-state index in [9.17, 15) is 26.3 Å². The predicted molar refractivity (Wildman–Crippen MR) is 87.1 cm³/mol. The molecule has 0 bridgehead atoms. The summed E-state index contributed by atoms with van der Waals surface area (Å²) in [6.07, 6.45) is -9.44. The molecular formula is C17H16F6N2S. The highest BCUT2D eigenvalue weighted by atomic mass is 32.1. The third-order valence-corrected chi connectivity index (χ3v) is 5.23. The van der Waals surface area contributed by atoms with Gasteiger partial charge < -0.3 is 5.32 Å². The smallest absolute Gasteiger partial charge is 0.314 e. The van der Waals surface area contributed by atoms with E-state index in [0.29, 0.717) is 49.3 Å². The largest absolute Gasteiger partial charge is 0.416 e. The van der Waals surface area contributed by atoms with E-state index in [1.807, 2.05) is 0 Å².